The molecule has 4 aromatic carbocycles. The fourth-order valence-corrected chi connectivity index (χ4v) is 5.09. The topological polar surface area (TPSA) is 66.5 Å². The standard InChI is InChI=1S/C30H27ClN2O3S/c1-21-11-18-25(19-12-21)37(35,36)32-28-20-15-22-7-4-5-8-26(22)30(28)27(9-6-10-29(34)33(2)3)23-13-16-24(31)17-14-23/h4-20,32H,1-3H3/b10-6+,27-9-. The SMILES string of the molecule is Cc1ccc(S(=O)(=O)Nc2ccc3ccccc3c2/C(=C\C=C\C(=O)N(C)C)c2ccc(Cl)cc2)cc1. The average Bonchev–Trinajstić information content (AvgIpc) is 2.87. The van der Waals surface area contributed by atoms with Crippen LogP contribution >= 0.6 is 11.6 Å². The van der Waals surface area contributed by atoms with Gasteiger partial charge in [0.15, 0.2) is 0 Å². The Hall–Kier alpha value is -3.87. The van der Waals surface area contributed by atoms with Crippen molar-refractivity contribution in [3.63, 3.8) is 0 Å². The van der Waals surface area contributed by atoms with E-state index in [2.05, 4.69) is 4.72 Å². The third-order valence-corrected chi connectivity index (χ3v) is 7.51. The highest BCUT2D eigenvalue weighted by atomic mass is 35.5. The van der Waals surface area contributed by atoms with Gasteiger partial charge in [-0.2, -0.15) is 0 Å². The van der Waals surface area contributed by atoms with Crippen molar-refractivity contribution in [1.29, 1.82) is 0 Å². The second-order valence-electron chi connectivity index (χ2n) is 8.81. The summed E-state index contributed by atoms with van der Waals surface area (Å²) in [7, 11) is -0.507. The van der Waals surface area contributed by atoms with E-state index in [1.807, 2.05) is 55.5 Å². The monoisotopic (exact) mass is 530 g/mol. The second-order valence-corrected chi connectivity index (χ2v) is 10.9. The highest BCUT2D eigenvalue weighted by molar-refractivity contribution is 7.92. The molecule has 4 aromatic rings. The molecule has 4 rings (SSSR count). The van der Waals surface area contributed by atoms with Crippen LogP contribution in [0.25, 0.3) is 16.3 Å². The molecule has 0 bridgehead atoms. The Morgan fingerprint density at radius 3 is 2.24 bits per heavy atom. The van der Waals surface area contributed by atoms with Crippen molar-refractivity contribution in [1.82, 2.24) is 4.90 Å². The van der Waals surface area contributed by atoms with E-state index in [0.29, 0.717) is 16.3 Å². The summed E-state index contributed by atoms with van der Waals surface area (Å²) >= 11 is 6.16. The summed E-state index contributed by atoms with van der Waals surface area (Å²) in [6, 6.07) is 25.4. The molecule has 0 fully saturated rings. The fraction of sp³-hybridized carbons (Fsp3) is 0.100. The minimum absolute atomic E-state index is 0.162. The smallest absolute Gasteiger partial charge is 0.261 e. The molecule has 0 atom stereocenters. The molecule has 0 heterocycles. The van der Waals surface area contributed by atoms with Gasteiger partial charge in [-0.05, 0) is 59.2 Å². The number of amides is 1. The van der Waals surface area contributed by atoms with Gasteiger partial charge < -0.3 is 4.90 Å². The van der Waals surface area contributed by atoms with Gasteiger partial charge in [0.1, 0.15) is 0 Å². The maximum absolute atomic E-state index is 13.4. The third-order valence-electron chi connectivity index (χ3n) is 5.87. The van der Waals surface area contributed by atoms with Crippen LogP contribution in [-0.2, 0) is 14.8 Å². The van der Waals surface area contributed by atoms with E-state index >= 15 is 0 Å². The van der Waals surface area contributed by atoms with Gasteiger partial charge in [-0.25, -0.2) is 8.42 Å². The summed E-state index contributed by atoms with van der Waals surface area (Å²) in [5, 5.41) is 2.39. The van der Waals surface area contributed by atoms with Gasteiger partial charge in [0.25, 0.3) is 10.0 Å². The van der Waals surface area contributed by atoms with Gasteiger partial charge in [0.2, 0.25) is 5.91 Å². The molecular weight excluding hydrogens is 504 g/mol. The number of hydrogen-bond donors (Lipinski definition) is 1. The van der Waals surface area contributed by atoms with Crippen molar-refractivity contribution in [3.05, 3.63) is 125 Å². The van der Waals surface area contributed by atoms with Crippen molar-refractivity contribution >= 4 is 49.6 Å². The van der Waals surface area contributed by atoms with Gasteiger partial charge >= 0.3 is 0 Å². The third kappa shape index (κ3) is 6.10. The number of likely N-dealkylation sites (N-methyl/N-ethyl adjacent to an activating group) is 1. The first-order chi connectivity index (χ1) is 17.7. The molecule has 188 valence electrons. The Morgan fingerprint density at radius 1 is 0.892 bits per heavy atom. The largest absolute Gasteiger partial charge is 0.345 e. The second kappa shape index (κ2) is 11.0. The zero-order valence-corrected chi connectivity index (χ0v) is 22.3. The number of anilines is 1. The van der Waals surface area contributed by atoms with E-state index in [0.717, 1.165) is 27.5 Å². The molecule has 37 heavy (non-hydrogen) atoms. The molecule has 0 aliphatic heterocycles. The van der Waals surface area contributed by atoms with Crippen LogP contribution in [0, 0.1) is 6.92 Å². The van der Waals surface area contributed by atoms with Crippen molar-refractivity contribution in [3.8, 4) is 0 Å². The van der Waals surface area contributed by atoms with Crippen molar-refractivity contribution in [2.45, 2.75) is 11.8 Å². The fourth-order valence-electron chi connectivity index (χ4n) is 3.90. The summed E-state index contributed by atoms with van der Waals surface area (Å²) in [6.45, 7) is 1.91. The number of aryl methyl sites for hydroxylation is 1. The van der Waals surface area contributed by atoms with E-state index in [-0.39, 0.29) is 10.8 Å². The number of rotatable bonds is 7. The lowest BCUT2D eigenvalue weighted by Crippen LogP contribution is -2.18. The Bertz CT molecular complexity index is 1610. The predicted molar refractivity (Wildman–Crippen MR) is 152 cm³/mol. The summed E-state index contributed by atoms with van der Waals surface area (Å²) in [5.74, 6) is -0.162. The Kier molecular flexibility index (Phi) is 7.81. The number of nitrogens with zero attached hydrogens (tertiary/aromatic N) is 1. The highest BCUT2D eigenvalue weighted by Crippen LogP contribution is 2.37. The predicted octanol–water partition coefficient (Wildman–Crippen LogP) is 6.68. The van der Waals surface area contributed by atoms with Gasteiger partial charge in [-0.15, -0.1) is 0 Å². The van der Waals surface area contributed by atoms with E-state index < -0.39 is 10.0 Å². The van der Waals surface area contributed by atoms with Crippen LogP contribution in [0.1, 0.15) is 16.7 Å². The maximum Gasteiger partial charge on any atom is 0.261 e. The van der Waals surface area contributed by atoms with Crippen LogP contribution < -0.4 is 4.72 Å². The van der Waals surface area contributed by atoms with Crippen LogP contribution in [0.2, 0.25) is 5.02 Å². The summed E-state index contributed by atoms with van der Waals surface area (Å²) < 4.78 is 29.5. The van der Waals surface area contributed by atoms with Crippen molar-refractivity contribution < 1.29 is 13.2 Å². The quantitative estimate of drug-likeness (QED) is 0.214. The van der Waals surface area contributed by atoms with E-state index in [1.54, 1.807) is 62.6 Å². The lowest BCUT2D eigenvalue weighted by Gasteiger charge is -2.18. The minimum Gasteiger partial charge on any atom is -0.345 e. The molecule has 0 radical (unpaired) electrons. The summed E-state index contributed by atoms with van der Waals surface area (Å²) in [6.07, 6.45) is 4.96. The first kappa shape index (κ1) is 26.2. The maximum atomic E-state index is 13.4. The van der Waals surface area contributed by atoms with E-state index in [4.69, 9.17) is 11.6 Å². The number of fused-ring (bicyclic) bond motifs is 1. The highest BCUT2D eigenvalue weighted by Gasteiger charge is 2.20. The number of benzene rings is 4. The normalized spacial score (nSPS) is 12.2. The number of halogens is 1. The molecule has 0 unspecified atom stereocenters. The van der Waals surface area contributed by atoms with Crippen LogP contribution in [0.3, 0.4) is 0 Å². The van der Waals surface area contributed by atoms with Crippen LogP contribution in [0.15, 0.2) is 108 Å². The molecule has 0 saturated carbocycles. The van der Waals surface area contributed by atoms with Gasteiger partial charge in [0.05, 0.1) is 10.6 Å². The zero-order valence-electron chi connectivity index (χ0n) is 20.8. The molecule has 0 aromatic heterocycles. The molecule has 0 aliphatic carbocycles. The molecule has 0 saturated heterocycles. The molecular formula is C30H27ClN2O3S. The van der Waals surface area contributed by atoms with Gasteiger partial charge in [0, 0.05) is 30.8 Å². The molecule has 5 nitrogen and oxygen atoms in total. The molecule has 0 aliphatic rings. The summed E-state index contributed by atoms with van der Waals surface area (Å²) in [4.78, 5) is 13.8. The first-order valence-electron chi connectivity index (χ1n) is 11.6. The van der Waals surface area contributed by atoms with Gasteiger partial charge in [-0.3, -0.25) is 9.52 Å². The van der Waals surface area contributed by atoms with Gasteiger partial charge in [-0.1, -0.05) is 83.9 Å². The number of nitrogens with one attached hydrogen (secondary N) is 1. The number of carbonyl (C=O) groups is 1. The van der Waals surface area contributed by atoms with Crippen molar-refractivity contribution in [2.75, 3.05) is 18.8 Å². The Morgan fingerprint density at radius 2 is 1.57 bits per heavy atom. The lowest BCUT2D eigenvalue weighted by molar-refractivity contribution is -0.123. The number of allylic oxidation sites excluding steroid dienone is 2. The molecule has 0 spiro atoms. The molecule has 1 N–H and O–H groups in total. The number of sulfonamides is 1. The summed E-state index contributed by atoms with van der Waals surface area (Å²) in [5.41, 5.74) is 3.64. The van der Waals surface area contributed by atoms with Crippen LogP contribution in [0.4, 0.5) is 5.69 Å². The molecule has 7 heteroatoms. The molecule has 1 amide bonds. The van der Waals surface area contributed by atoms with E-state index in [9.17, 15) is 13.2 Å². The van der Waals surface area contributed by atoms with Crippen molar-refractivity contribution in [2.24, 2.45) is 0 Å². The average molecular weight is 531 g/mol. The zero-order chi connectivity index (χ0) is 26.6. The lowest BCUT2D eigenvalue weighted by atomic mass is 9.91. The Labute approximate surface area is 222 Å². The Balaban J connectivity index is 1.94. The first-order valence-corrected chi connectivity index (χ1v) is 13.5. The number of carbonyl (C=O) groups excluding carboxylic acids is 1. The van der Waals surface area contributed by atoms with E-state index in [1.165, 1.54) is 11.0 Å². The minimum atomic E-state index is -3.87. The van der Waals surface area contributed by atoms with Crippen LogP contribution in [0.5, 0.6) is 0 Å². The number of hydrogen-bond acceptors (Lipinski definition) is 3. The van der Waals surface area contributed by atoms with Crippen LogP contribution in [-0.4, -0.2) is 33.3 Å².